The first-order valence-corrected chi connectivity index (χ1v) is 10.4. The summed E-state index contributed by atoms with van der Waals surface area (Å²) in [6, 6.07) is 9.32. The van der Waals surface area contributed by atoms with Crippen LogP contribution in [0.3, 0.4) is 0 Å². The van der Waals surface area contributed by atoms with Crippen LogP contribution in [0.15, 0.2) is 30.3 Å². The lowest BCUT2D eigenvalue weighted by Gasteiger charge is -2.39. The molecular formula is C22H35N3O4. The van der Waals surface area contributed by atoms with Crippen LogP contribution in [0.2, 0.25) is 0 Å². The van der Waals surface area contributed by atoms with E-state index in [-0.39, 0.29) is 30.8 Å². The van der Waals surface area contributed by atoms with Gasteiger partial charge in [0.2, 0.25) is 0 Å². The molecule has 0 radical (unpaired) electrons. The van der Waals surface area contributed by atoms with Crippen molar-refractivity contribution >= 4 is 11.9 Å². The van der Waals surface area contributed by atoms with Gasteiger partial charge in [0.15, 0.2) is 6.61 Å². The summed E-state index contributed by atoms with van der Waals surface area (Å²) in [6.07, 6.45) is 1.80. The van der Waals surface area contributed by atoms with Gasteiger partial charge in [-0.2, -0.15) is 0 Å². The topological polar surface area (TPSA) is 73.3 Å². The van der Waals surface area contributed by atoms with Gasteiger partial charge in [0, 0.05) is 32.6 Å². The van der Waals surface area contributed by atoms with Crippen LogP contribution < -0.4 is 4.74 Å². The van der Waals surface area contributed by atoms with Crippen molar-refractivity contribution in [2.45, 2.75) is 19.3 Å². The molecule has 0 spiro atoms. The molecule has 162 valence electrons. The van der Waals surface area contributed by atoms with Gasteiger partial charge >= 0.3 is 5.97 Å². The minimum Gasteiger partial charge on any atom is -0.484 e. The van der Waals surface area contributed by atoms with E-state index in [1.807, 2.05) is 35.2 Å². The first-order valence-electron chi connectivity index (χ1n) is 10.4. The van der Waals surface area contributed by atoms with Gasteiger partial charge in [0.25, 0.3) is 5.91 Å². The van der Waals surface area contributed by atoms with Crippen LogP contribution in [0, 0.1) is 11.8 Å². The third-order valence-electron chi connectivity index (χ3n) is 5.60. The van der Waals surface area contributed by atoms with E-state index in [0.717, 1.165) is 32.5 Å². The number of carbonyl (C=O) groups excluding carboxylic acids is 1. The van der Waals surface area contributed by atoms with Crippen molar-refractivity contribution in [2.75, 3.05) is 60.5 Å². The number of piperidine rings is 1. The molecule has 2 atom stereocenters. The Morgan fingerprint density at radius 1 is 1.10 bits per heavy atom. The van der Waals surface area contributed by atoms with E-state index >= 15 is 0 Å². The molecule has 1 aromatic rings. The van der Waals surface area contributed by atoms with Gasteiger partial charge in [-0.25, -0.2) is 0 Å². The number of rotatable bonds is 11. The summed E-state index contributed by atoms with van der Waals surface area (Å²) < 4.78 is 5.60. The second-order valence-corrected chi connectivity index (χ2v) is 8.24. The van der Waals surface area contributed by atoms with E-state index in [1.165, 1.54) is 0 Å². The van der Waals surface area contributed by atoms with E-state index in [1.54, 1.807) is 0 Å². The Bertz CT molecular complexity index is 638. The predicted octanol–water partition coefficient (Wildman–Crippen LogP) is 1.89. The van der Waals surface area contributed by atoms with Crippen LogP contribution in [-0.4, -0.2) is 92.2 Å². The number of hydrogen-bond acceptors (Lipinski definition) is 5. The van der Waals surface area contributed by atoms with Crippen LogP contribution in [0.25, 0.3) is 0 Å². The maximum Gasteiger partial charge on any atom is 0.303 e. The van der Waals surface area contributed by atoms with Crippen LogP contribution in [0.4, 0.5) is 0 Å². The third-order valence-corrected chi connectivity index (χ3v) is 5.60. The second kappa shape index (κ2) is 11.8. The average molecular weight is 406 g/mol. The zero-order chi connectivity index (χ0) is 21.2. The van der Waals surface area contributed by atoms with Crippen molar-refractivity contribution in [1.29, 1.82) is 0 Å². The van der Waals surface area contributed by atoms with Gasteiger partial charge in [-0.05, 0) is 64.5 Å². The molecule has 1 aliphatic heterocycles. The second-order valence-electron chi connectivity index (χ2n) is 8.24. The minimum absolute atomic E-state index is 0.0169. The zero-order valence-corrected chi connectivity index (χ0v) is 17.9. The number of amides is 1. The zero-order valence-electron chi connectivity index (χ0n) is 17.9. The molecule has 7 heteroatoms. The maximum absolute atomic E-state index is 12.6. The Kier molecular flexibility index (Phi) is 9.41. The Morgan fingerprint density at radius 3 is 2.48 bits per heavy atom. The summed E-state index contributed by atoms with van der Waals surface area (Å²) in [5, 5.41) is 9.28. The predicted molar refractivity (Wildman–Crippen MR) is 113 cm³/mol. The number of hydrogen-bond donors (Lipinski definition) is 1. The monoisotopic (exact) mass is 405 g/mol. The number of carboxylic acid groups (broad SMARTS) is 1. The lowest BCUT2D eigenvalue weighted by Crippen LogP contribution is -2.46. The third kappa shape index (κ3) is 8.41. The van der Waals surface area contributed by atoms with Crippen molar-refractivity contribution < 1.29 is 19.4 Å². The van der Waals surface area contributed by atoms with Crippen molar-refractivity contribution in [3.8, 4) is 5.75 Å². The molecule has 0 saturated carbocycles. The Morgan fingerprint density at radius 2 is 1.83 bits per heavy atom. The van der Waals surface area contributed by atoms with Gasteiger partial charge < -0.3 is 24.5 Å². The van der Waals surface area contributed by atoms with Gasteiger partial charge in [-0.3, -0.25) is 9.59 Å². The number of likely N-dealkylation sites (N-methyl/N-ethyl adjacent to an activating group) is 2. The van der Waals surface area contributed by atoms with E-state index in [0.29, 0.717) is 18.8 Å². The van der Waals surface area contributed by atoms with E-state index < -0.39 is 5.97 Å². The van der Waals surface area contributed by atoms with Gasteiger partial charge in [-0.1, -0.05) is 18.2 Å². The molecule has 1 heterocycles. The fraction of sp³-hybridized carbons (Fsp3) is 0.636. The number of nitrogens with zero attached hydrogens (tertiary/aromatic N) is 3. The quantitative estimate of drug-likeness (QED) is 0.606. The molecule has 0 aliphatic carbocycles. The summed E-state index contributed by atoms with van der Waals surface area (Å²) in [4.78, 5) is 30.2. The molecule has 7 nitrogen and oxygen atoms in total. The van der Waals surface area contributed by atoms with Crippen LogP contribution in [0.5, 0.6) is 5.75 Å². The highest BCUT2D eigenvalue weighted by molar-refractivity contribution is 5.78. The average Bonchev–Trinajstić information content (AvgIpc) is 2.70. The number of benzene rings is 1. The molecule has 1 aromatic carbocycles. The molecule has 0 bridgehead atoms. The highest BCUT2D eigenvalue weighted by atomic mass is 16.5. The van der Waals surface area contributed by atoms with E-state index in [2.05, 4.69) is 30.9 Å². The Balaban J connectivity index is 1.88. The van der Waals surface area contributed by atoms with Crippen LogP contribution >= 0.6 is 0 Å². The van der Waals surface area contributed by atoms with E-state index in [9.17, 15) is 14.7 Å². The SMILES string of the molecule is CN(C)CCN(C)CCC1CN(C(=O)COc2ccccc2)CCC1CC(=O)O. The summed E-state index contributed by atoms with van der Waals surface area (Å²) in [7, 11) is 6.20. The molecular weight excluding hydrogens is 370 g/mol. The molecule has 29 heavy (non-hydrogen) atoms. The minimum atomic E-state index is -0.756. The molecule has 2 rings (SSSR count). The van der Waals surface area contributed by atoms with Crippen molar-refractivity contribution in [3.05, 3.63) is 30.3 Å². The largest absolute Gasteiger partial charge is 0.484 e. The molecule has 1 saturated heterocycles. The lowest BCUT2D eigenvalue weighted by atomic mass is 9.81. The highest BCUT2D eigenvalue weighted by Crippen LogP contribution is 2.29. The molecule has 1 fully saturated rings. The van der Waals surface area contributed by atoms with Gasteiger partial charge in [-0.15, -0.1) is 0 Å². The number of para-hydroxylation sites is 1. The number of aliphatic carboxylic acids is 1. The molecule has 1 aliphatic rings. The smallest absolute Gasteiger partial charge is 0.303 e. The van der Waals surface area contributed by atoms with Crippen LogP contribution in [-0.2, 0) is 9.59 Å². The Labute approximate surface area is 174 Å². The number of ether oxygens (including phenoxy) is 1. The molecule has 0 aromatic heterocycles. The fourth-order valence-electron chi connectivity index (χ4n) is 3.75. The standard InChI is InChI=1S/C22H35N3O4/c1-23(2)13-14-24(3)11-9-19-16-25(12-10-18(19)15-22(27)28)21(26)17-29-20-7-5-4-6-8-20/h4-8,18-19H,9-17H2,1-3H3,(H,27,28). The van der Waals surface area contributed by atoms with Crippen molar-refractivity contribution in [3.63, 3.8) is 0 Å². The molecule has 1 amide bonds. The summed E-state index contributed by atoms with van der Waals surface area (Å²) in [5.41, 5.74) is 0. The Hall–Kier alpha value is -2.12. The summed E-state index contributed by atoms with van der Waals surface area (Å²) in [6.45, 7) is 4.08. The summed E-state index contributed by atoms with van der Waals surface area (Å²) >= 11 is 0. The first kappa shape index (κ1) is 23.2. The van der Waals surface area contributed by atoms with Crippen molar-refractivity contribution in [2.24, 2.45) is 11.8 Å². The highest BCUT2D eigenvalue weighted by Gasteiger charge is 2.32. The van der Waals surface area contributed by atoms with E-state index in [4.69, 9.17) is 4.74 Å². The summed E-state index contributed by atoms with van der Waals surface area (Å²) in [5.74, 6) is 0.207. The number of carboxylic acids is 1. The van der Waals surface area contributed by atoms with Crippen LogP contribution in [0.1, 0.15) is 19.3 Å². The molecule has 2 unspecified atom stereocenters. The molecule has 1 N–H and O–H groups in total. The normalized spacial score (nSPS) is 19.6. The number of likely N-dealkylation sites (tertiary alicyclic amines) is 1. The van der Waals surface area contributed by atoms with Crippen molar-refractivity contribution in [1.82, 2.24) is 14.7 Å². The maximum atomic E-state index is 12.6. The first-order chi connectivity index (χ1) is 13.8. The van der Waals surface area contributed by atoms with Gasteiger partial charge in [0.05, 0.1) is 0 Å². The fourth-order valence-corrected chi connectivity index (χ4v) is 3.75. The van der Waals surface area contributed by atoms with Gasteiger partial charge in [0.1, 0.15) is 5.75 Å². The lowest BCUT2D eigenvalue weighted by molar-refractivity contribution is -0.140. The number of carbonyl (C=O) groups is 2.